The zero-order valence-corrected chi connectivity index (χ0v) is 9.14. The normalized spacial score (nSPS) is 10.6. The molecule has 0 aliphatic rings. The van der Waals surface area contributed by atoms with Crippen LogP contribution in [0.15, 0.2) is 24.5 Å². The van der Waals surface area contributed by atoms with E-state index < -0.39 is 0 Å². The number of imidazole rings is 1. The molecule has 0 bridgehead atoms. The molecule has 0 fully saturated rings. The summed E-state index contributed by atoms with van der Waals surface area (Å²) in [5, 5.41) is 0. The molecule has 0 amide bonds. The number of pyridine rings is 1. The van der Waals surface area contributed by atoms with E-state index in [0.717, 1.165) is 0 Å². The predicted molar refractivity (Wildman–Crippen MR) is 60.6 cm³/mol. The molecule has 2 aromatic rings. The fourth-order valence-corrected chi connectivity index (χ4v) is 1.56. The van der Waals surface area contributed by atoms with Gasteiger partial charge < -0.3 is 4.40 Å². The minimum atomic E-state index is -0.0727. The fourth-order valence-electron chi connectivity index (χ4n) is 1.56. The third-order valence-corrected chi connectivity index (χ3v) is 2.41. The molecule has 80 valence electrons. The summed E-state index contributed by atoms with van der Waals surface area (Å²) in [6.07, 6.45) is 3.29. The molecule has 2 aromatic heterocycles. The van der Waals surface area contributed by atoms with Crippen LogP contribution in [0.5, 0.6) is 0 Å². The topological polar surface area (TPSA) is 38.7 Å². The molecular formula is C12H11N3O. The summed E-state index contributed by atoms with van der Waals surface area (Å²) < 4.78 is 1.68. The van der Waals surface area contributed by atoms with Gasteiger partial charge in [0.05, 0.1) is 12.8 Å². The molecule has 0 aromatic carbocycles. The Morgan fingerprint density at radius 1 is 1.56 bits per heavy atom. The summed E-state index contributed by atoms with van der Waals surface area (Å²) in [7, 11) is 0. The van der Waals surface area contributed by atoms with Crippen LogP contribution in [-0.4, -0.2) is 15.2 Å². The second-order valence-corrected chi connectivity index (χ2v) is 3.86. The monoisotopic (exact) mass is 213 g/mol. The number of ketones is 1. The van der Waals surface area contributed by atoms with E-state index in [-0.39, 0.29) is 11.7 Å². The minimum absolute atomic E-state index is 0.0367. The van der Waals surface area contributed by atoms with Gasteiger partial charge in [0, 0.05) is 12.1 Å². The van der Waals surface area contributed by atoms with Crippen molar-refractivity contribution in [3.8, 4) is 0 Å². The molecule has 0 spiro atoms. The highest BCUT2D eigenvalue weighted by Gasteiger charge is 2.16. The van der Waals surface area contributed by atoms with Crippen molar-refractivity contribution >= 4 is 17.1 Å². The lowest BCUT2D eigenvalue weighted by Crippen LogP contribution is -2.10. The van der Waals surface area contributed by atoms with E-state index in [9.17, 15) is 4.79 Å². The van der Waals surface area contributed by atoms with Gasteiger partial charge >= 0.3 is 0 Å². The molecule has 16 heavy (non-hydrogen) atoms. The minimum Gasteiger partial charge on any atom is -0.306 e. The van der Waals surface area contributed by atoms with Gasteiger partial charge in [-0.25, -0.2) is 9.83 Å². The number of carbonyl (C=O) groups excluding carboxylic acids is 1. The van der Waals surface area contributed by atoms with Crippen molar-refractivity contribution in [1.29, 1.82) is 0 Å². The Bertz CT molecular complexity index is 590. The number of nitrogens with zero attached hydrogens (tertiary/aromatic N) is 3. The lowest BCUT2D eigenvalue weighted by atomic mass is 10.1. The number of Topliss-reactive ketones (excluding diaryl/α,β-unsaturated/α-hetero) is 1. The molecule has 0 saturated carbocycles. The molecule has 0 unspecified atom stereocenters. The van der Waals surface area contributed by atoms with E-state index >= 15 is 0 Å². The van der Waals surface area contributed by atoms with Crippen molar-refractivity contribution in [3.05, 3.63) is 41.6 Å². The van der Waals surface area contributed by atoms with Gasteiger partial charge in [-0.05, 0) is 0 Å². The number of hydrogen-bond donors (Lipinski definition) is 0. The zero-order chi connectivity index (χ0) is 11.7. The van der Waals surface area contributed by atoms with Crippen LogP contribution in [0.25, 0.3) is 10.5 Å². The number of hydrogen-bond acceptors (Lipinski definition) is 2. The second kappa shape index (κ2) is 3.78. The number of rotatable bonds is 2. The van der Waals surface area contributed by atoms with Crippen LogP contribution in [-0.2, 0) is 0 Å². The van der Waals surface area contributed by atoms with Crippen molar-refractivity contribution in [1.82, 2.24) is 9.38 Å². The molecule has 2 rings (SSSR count). The van der Waals surface area contributed by atoms with Crippen LogP contribution in [0.2, 0.25) is 0 Å². The number of fused-ring (bicyclic) bond motifs is 1. The Hall–Kier alpha value is -2.15. The molecule has 4 nitrogen and oxygen atoms in total. The Morgan fingerprint density at radius 3 is 2.94 bits per heavy atom. The van der Waals surface area contributed by atoms with Gasteiger partial charge in [0.2, 0.25) is 5.69 Å². The van der Waals surface area contributed by atoms with Crippen LogP contribution < -0.4 is 0 Å². The van der Waals surface area contributed by atoms with E-state index in [1.54, 1.807) is 22.7 Å². The molecule has 0 atom stereocenters. The van der Waals surface area contributed by atoms with Crippen LogP contribution in [0, 0.1) is 12.5 Å². The molecule has 0 aliphatic heterocycles. The Balaban J connectivity index is 2.68. The third kappa shape index (κ3) is 1.47. The molecule has 2 heterocycles. The van der Waals surface area contributed by atoms with E-state index in [2.05, 4.69) is 9.83 Å². The Labute approximate surface area is 93.4 Å². The van der Waals surface area contributed by atoms with E-state index in [1.165, 1.54) is 6.20 Å². The highest BCUT2D eigenvalue weighted by molar-refractivity contribution is 5.97. The first-order valence-corrected chi connectivity index (χ1v) is 5.03. The first kappa shape index (κ1) is 10.4. The molecule has 0 radical (unpaired) electrons. The van der Waals surface area contributed by atoms with Gasteiger partial charge in [0.15, 0.2) is 5.78 Å². The summed E-state index contributed by atoms with van der Waals surface area (Å²) in [6.45, 7) is 10.7. The Kier molecular flexibility index (Phi) is 2.45. The van der Waals surface area contributed by atoms with Gasteiger partial charge in [-0.15, -0.1) is 0 Å². The van der Waals surface area contributed by atoms with E-state index in [4.69, 9.17) is 6.57 Å². The van der Waals surface area contributed by atoms with Crippen molar-refractivity contribution in [2.75, 3.05) is 0 Å². The Morgan fingerprint density at radius 2 is 2.31 bits per heavy atom. The highest BCUT2D eigenvalue weighted by atomic mass is 16.1. The standard InChI is InChI=1S/C12H11N3O/c1-8(2)11(16)10-7-14-12-9(13-3)5-4-6-15(10)12/h4-8H,1-2H3. The van der Waals surface area contributed by atoms with Crippen LogP contribution in [0.4, 0.5) is 5.69 Å². The number of aromatic nitrogens is 2. The summed E-state index contributed by atoms with van der Waals surface area (Å²) >= 11 is 0. The molecule has 0 saturated heterocycles. The summed E-state index contributed by atoms with van der Waals surface area (Å²) in [5.74, 6) is -0.0360. The van der Waals surface area contributed by atoms with E-state index in [0.29, 0.717) is 17.0 Å². The van der Waals surface area contributed by atoms with Gasteiger partial charge in [-0.2, -0.15) is 0 Å². The maximum Gasteiger partial charge on any atom is 0.229 e. The highest BCUT2D eigenvalue weighted by Crippen LogP contribution is 2.21. The lowest BCUT2D eigenvalue weighted by Gasteiger charge is -2.03. The third-order valence-electron chi connectivity index (χ3n) is 2.41. The lowest BCUT2D eigenvalue weighted by molar-refractivity contribution is 0.0933. The molecular weight excluding hydrogens is 202 g/mol. The van der Waals surface area contributed by atoms with Crippen molar-refractivity contribution in [3.63, 3.8) is 0 Å². The summed E-state index contributed by atoms with van der Waals surface area (Å²) in [4.78, 5) is 19.4. The molecule has 0 aliphatic carbocycles. The molecule has 4 heteroatoms. The predicted octanol–water partition coefficient (Wildman–Crippen LogP) is 2.72. The fraction of sp³-hybridized carbons (Fsp3) is 0.250. The SMILES string of the molecule is [C-]#[N+]c1cccn2c(C(=O)C(C)C)cnc12. The van der Waals surface area contributed by atoms with Crippen LogP contribution >= 0.6 is 0 Å². The van der Waals surface area contributed by atoms with Crippen LogP contribution in [0.1, 0.15) is 24.3 Å². The van der Waals surface area contributed by atoms with E-state index in [1.807, 2.05) is 13.8 Å². The molecule has 0 N–H and O–H groups in total. The van der Waals surface area contributed by atoms with Crippen molar-refractivity contribution in [2.24, 2.45) is 5.92 Å². The number of carbonyl (C=O) groups is 1. The first-order chi connectivity index (χ1) is 7.65. The first-order valence-electron chi connectivity index (χ1n) is 5.03. The quantitative estimate of drug-likeness (QED) is 0.568. The smallest absolute Gasteiger partial charge is 0.229 e. The van der Waals surface area contributed by atoms with Crippen molar-refractivity contribution in [2.45, 2.75) is 13.8 Å². The summed E-state index contributed by atoms with van der Waals surface area (Å²) in [6, 6.07) is 3.44. The van der Waals surface area contributed by atoms with Gasteiger partial charge in [0.25, 0.3) is 0 Å². The largest absolute Gasteiger partial charge is 0.306 e. The average Bonchev–Trinajstić information content (AvgIpc) is 2.71. The maximum absolute atomic E-state index is 11.9. The van der Waals surface area contributed by atoms with Gasteiger partial charge in [0.1, 0.15) is 11.3 Å². The summed E-state index contributed by atoms with van der Waals surface area (Å²) in [5.41, 5.74) is 1.54. The van der Waals surface area contributed by atoms with Gasteiger partial charge in [-0.1, -0.05) is 26.0 Å². The average molecular weight is 213 g/mol. The maximum atomic E-state index is 11.9. The van der Waals surface area contributed by atoms with Crippen molar-refractivity contribution < 1.29 is 4.79 Å². The second-order valence-electron chi connectivity index (χ2n) is 3.86. The van der Waals surface area contributed by atoms with Crippen LogP contribution in [0.3, 0.4) is 0 Å². The van der Waals surface area contributed by atoms with Gasteiger partial charge in [-0.3, -0.25) is 4.79 Å². The zero-order valence-electron chi connectivity index (χ0n) is 9.14.